The maximum Gasteiger partial charge on any atom is 0.255 e. The molecule has 2 aromatic rings. The molecule has 148 valence electrons. The lowest BCUT2D eigenvalue weighted by molar-refractivity contribution is 0.0746. The Balaban J connectivity index is 1.38. The summed E-state index contributed by atoms with van der Waals surface area (Å²) in [5.74, 6) is 2.00. The predicted molar refractivity (Wildman–Crippen MR) is 111 cm³/mol. The van der Waals surface area contributed by atoms with Crippen molar-refractivity contribution in [2.45, 2.75) is 26.8 Å². The lowest BCUT2D eigenvalue weighted by atomic mass is 10.2. The predicted octanol–water partition coefficient (Wildman–Crippen LogP) is 1.81. The molecule has 2 aliphatic rings. The molecule has 0 aromatic carbocycles. The SMILES string of the molecule is Cc1cnc(N2CCN(C(=O)c3ccc(N4CNC[C@@H]4C)nc3)CC2)c(C)c1. The van der Waals surface area contributed by atoms with Crippen LogP contribution in [0.15, 0.2) is 30.6 Å². The van der Waals surface area contributed by atoms with Crippen molar-refractivity contribution in [2.75, 3.05) is 49.2 Å². The van der Waals surface area contributed by atoms with Crippen molar-refractivity contribution in [3.05, 3.63) is 47.3 Å². The third-order valence-electron chi connectivity index (χ3n) is 5.60. The molecule has 0 bridgehead atoms. The molecule has 28 heavy (non-hydrogen) atoms. The Bertz CT molecular complexity index is 844. The van der Waals surface area contributed by atoms with Gasteiger partial charge in [0.2, 0.25) is 0 Å². The van der Waals surface area contributed by atoms with Crippen molar-refractivity contribution in [3.63, 3.8) is 0 Å². The van der Waals surface area contributed by atoms with Gasteiger partial charge in [-0.25, -0.2) is 9.97 Å². The van der Waals surface area contributed by atoms with Crippen LogP contribution < -0.4 is 15.1 Å². The van der Waals surface area contributed by atoms with Crippen LogP contribution in [0.1, 0.15) is 28.4 Å². The fourth-order valence-corrected chi connectivity index (χ4v) is 3.99. The Morgan fingerprint density at radius 2 is 1.89 bits per heavy atom. The highest BCUT2D eigenvalue weighted by molar-refractivity contribution is 5.94. The minimum absolute atomic E-state index is 0.0554. The third kappa shape index (κ3) is 3.67. The van der Waals surface area contributed by atoms with Crippen LogP contribution in [0.3, 0.4) is 0 Å². The van der Waals surface area contributed by atoms with Crippen molar-refractivity contribution < 1.29 is 4.79 Å². The van der Waals surface area contributed by atoms with Crippen LogP contribution in [0.2, 0.25) is 0 Å². The summed E-state index contributed by atoms with van der Waals surface area (Å²) in [5, 5.41) is 3.34. The summed E-state index contributed by atoms with van der Waals surface area (Å²) >= 11 is 0. The fraction of sp³-hybridized carbons (Fsp3) is 0.476. The average molecular weight is 380 g/mol. The Morgan fingerprint density at radius 3 is 2.50 bits per heavy atom. The first-order valence-corrected chi connectivity index (χ1v) is 9.94. The number of piperazine rings is 1. The van der Waals surface area contributed by atoms with E-state index in [1.807, 2.05) is 23.2 Å². The second-order valence-corrected chi connectivity index (χ2v) is 7.77. The van der Waals surface area contributed by atoms with Gasteiger partial charge >= 0.3 is 0 Å². The van der Waals surface area contributed by atoms with Crippen molar-refractivity contribution in [1.29, 1.82) is 0 Å². The summed E-state index contributed by atoms with van der Waals surface area (Å²) in [7, 11) is 0. The number of amides is 1. The van der Waals surface area contributed by atoms with Gasteiger partial charge in [-0.15, -0.1) is 0 Å². The van der Waals surface area contributed by atoms with Gasteiger partial charge in [0, 0.05) is 51.2 Å². The first kappa shape index (κ1) is 18.7. The molecular formula is C21H28N6O. The summed E-state index contributed by atoms with van der Waals surface area (Å²) in [6.07, 6.45) is 3.62. The van der Waals surface area contributed by atoms with Crippen LogP contribution in [0.4, 0.5) is 11.6 Å². The van der Waals surface area contributed by atoms with Gasteiger partial charge in [0.15, 0.2) is 0 Å². The number of aryl methyl sites for hydroxylation is 2. The molecule has 1 N–H and O–H groups in total. The first-order chi connectivity index (χ1) is 13.5. The molecule has 1 atom stereocenters. The molecule has 0 spiro atoms. The minimum Gasteiger partial charge on any atom is -0.353 e. The number of hydrogen-bond donors (Lipinski definition) is 1. The van der Waals surface area contributed by atoms with E-state index >= 15 is 0 Å². The maximum absolute atomic E-state index is 12.9. The lowest BCUT2D eigenvalue weighted by Gasteiger charge is -2.36. The molecule has 2 saturated heterocycles. The number of nitrogens with one attached hydrogen (secondary N) is 1. The Kier molecular flexibility index (Phi) is 5.17. The minimum atomic E-state index is 0.0554. The Morgan fingerprint density at radius 1 is 1.11 bits per heavy atom. The first-order valence-electron chi connectivity index (χ1n) is 9.94. The van der Waals surface area contributed by atoms with E-state index in [1.165, 1.54) is 11.1 Å². The highest BCUT2D eigenvalue weighted by Crippen LogP contribution is 2.21. The van der Waals surface area contributed by atoms with Gasteiger partial charge < -0.3 is 14.7 Å². The van der Waals surface area contributed by atoms with Crippen LogP contribution in [0, 0.1) is 13.8 Å². The molecule has 7 nitrogen and oxygen atoms in total. The van der Waals surface area contributed by atoms with Gasteiger partial charge in [-0.2, -0.15) is 0 Å². The molecule has 4 rings (SSSR count). The molecule has 0 radical (unpaired) electrons. The zero-order chi connectivity index (χ0) is 19.7. The molecule has 7 heteroatoms. The molecule has 0 unspecified atom stereocenters. The van der Waals surface area contributed by atoms with E-state index < -0.39 is 0 Å². The molecule has 2 aromatic heterocycles. The number of aromatic nitrogens is 2. The van der Waals surface area contributed by atoms with Gasteiger partial charge in [-0.05, 0) is 44.0 Å². The van der Waals surface area contributed by atoms with E-state index in [1.54, 1.807) is 6.20 Å². The van der Waals surface area contributed by atoms with E-state index in [2.05, 4.69) is 51.9 Å². The van der Waals surface area contributed by atoms with Crippen LogP contribution >= 0.6 is 0 Å². The number of hydrogen-bond acceptors (Lipinski definition) is 6. The van der Waals surface area contributed by atoms with Gasteiger partial charge in [-0.3, -0.25) is 10.1 Å². The second kappa shape index (κ2) is 7.75. The summed E-state index contributed by atoms with van der Waals surface area (Å²) in [6.45, 7) is 11.1. The highest BCUT2D eigenvalue weighted by atomic mass is 16.2. The number of anilines is 2. The number of nitrogens with zero attached hydrogens (tertiary/aromatic N) is 5. The topological polar surface area (TPSA) is 64.6 Å². The van der Waals surface area contributed by atoms with Crippen LogP contribution in [0.5, 0.6) is 0 Å². The summed E-state index contributed by atoms with van der Waals surface area (Å²) in [5.41, 5.74) is 3.01. The number of carbonyl (C=O) groups excluding carboxylic acids is 1. The van der Waals surface area contributed by atoms with Gasteiger partial charge in [0.25, 0.3) is 5.91 Å². The van der Waals surface area contributed by atoms with Crippen LogP contribution in [0.25, 0.3) is 0 Å². The molecule has 2 aliphatic heterocycles. The Labute approximate surface area is 166 Å². The molecule has 0 saturated carbocycles. The van der Waals surface area contributed by atoms with Gasteiger partial charge in [-0.1, -0.05) is 6.07 Å². The summed E-state index contributed by atoms with van der Waals surface area (Å²) in [4.78, 5) is 28.4. The van der Waals surface area contributed by atoms with Crippen LogP contribution in [-0.2, 0) is 0 Å². The zero-order valence-electron chi connectivity index (χ0n) is 16.9. The quantitative estimate of drug-likeness (QED) is 0.876. The standard InChI is InChI=1S/C21H28N6O/c1-15-10-16(2)20(24-11-15)25-6-8-26(9-7-25)21(28)18-4-5-19(23-13-18)27-14-22-12-17(27)3/h4-5,10-11,13,17,22H,6-9,12,14H2,1-3H3/t17-/m0/s1. The van der Waals surface area contributed by atoms with Crippen molar-refractivity contribution in [3.8, 4) is 0 Å². The van der Waals surface area contributed by atoms with Gasteiger partial charge in [0.05, 0.1) is 12.2 Å². The molecule has 0 aliphatic carbocycles. The lowest BCUT2D eigenvalue weighted by Crippen LogP contribution is -2.49. The van der Waals surface area contributed by atoms with Gasteiger partial charge in [0.1, 0.15) is 11.6 Å². The monoisotopic (exact) mass is 380 g/mol. The number of rotatable bonds is 3. The summed E-state index contributed by atoms with van der Waals surface area (Å²) in [6, 6.07) is 6.42. The van der Waals surface area contributed by atoms with E-state index in [0.717, 1.165) is 37.9 Å². The largest absolute Gasteiger partial charge is 0.353 e. The smallest absolute Gasteiger partial charge is 0.255 e. The maximum atomic E-state index is 12.9. The van der Waals surface area contributed by atoms with Crippen molar-refractivity contribution >= 4 is 17.5 Å². The highest BCUT2D eigenvalue weighted by Gasteiger charge is 2.25. The molecule has 4 heterocycles. The van der Waals surface area contributed by atoms with Crippen molar-refractivity contribution in [1.82, 2.24) is 20.2 Å². The summed E-state index contributed by atoms with van der Waals surface area (Å²) < 4.78 is 0. The third-order valence-corrected chi connectivity index (χ3v) is 5.60. The van der Waals surface area contributed by atoms with E-state index in [9.17, 15) is 4.79 Å². The molecular weight excluding hydrogens is 352 g/mol. The fourth-order valence-electron chi connectivity index (χ4n) is 3.99. The number of pyridine rings is 2. The second-order valence-electron chi connectivity index (χ2n) is 7.77. The number of carbonyl (C=O) groups is 1. The van der Waals surface area contributed by atoms with E-state index in [-0.39, 0.29) is 5.91 Å². The van der Waals surface area contributed by atoms with Crippen molar-refractivity contribution in [2.24, 2.45) is 0 Å². The van der Waals surface area contributed by atoms with Crippen LogP contribution in [-0.4, -0.2) is 66.2 Å². The Hall–Kier alpha value is -2.67. The molecule has 2 fully saturated rings. The zero-order valence-corrected chi connectivity index (χ0v) is 16.9. The average Bonchev–Trinajstić information content (AvgIpc) is 3.14. The molecule has 1 amide bonds. The normalized spacial score (nSPS) is 20.0. The van der Waals surface area contributed by atoms with E-state index in [0.29, 0.717) is 24.7 Å². The van der Waals surface area contributed by atoms with E-state index in [4.69, 9.17) is 0 Å².